The van der Waals surface area contributed by atoms with Gasteiger partial charge in [0.2, 0.25) is 0 Å². The van der Waals surface area contributed by atoms with Crippen molar-refractivity contribution in [2.24, 2.45) is 0 Å². The normalized spacial score (nSPS) is 9.81. The number of ether oxygens (including phenoxy) is 2. The largest absolute Gasteiger partial charge is 0.497 e. The second-order valence-electron chi connectivity index (χ2n) is 5.29. The number of methoxy groups -OCH3 is 2. The Bertz CT molecular complexity index is 818. The zero-order chi connectivity index (χ0) is 19.1. The fraction of sp³-hybridized carbons (Fsp3) is 0.167. The van der Waals surface area contributed by atoms with Gasteiger partial charge in [0.1, 0.15) is 11.5 Å². The third-order valence-corrected chi connectivity index (χ3v) is 3.45. The summed E-state index contributed by atoms with van der Waals surface area (Å²) in [6.07, 6.45) is 0. The lowest BCUT2D eigenvalue weighted by molar-refractivity contribution is -0.136. The summed E-state index contributed by atoms with van der Waals surface area (Å²) in [5.74, 6) is -1.52. The summed E-state index contributed by atoms with van der Waals surface area (Å²) in [5.41, 5.74) is 5.77. The van der Waals surface area contributed by atoms with Crippen molar-refractivity contribution in [3.63, 3.8) is 0 Å². The molecule has 8 nitrogen and oxygen atoms in total. The van der Waals surface area contributed by atoms with Crippen molar-refractivity contribution in [2.75, 3.05) is 19.5 Å². The average Bonchev–Trinajstić information content (AvgIpc) is 2.66. The molecule has 26 heavy (non-hydrogen) atoms. The molecule has 0 saturated heterocycles. The topological polar surface area (TPSA) is 106 Å². The minimum Gasteiger partial charge on any atom is -0.497 e. The predicted octanol–water partition coefficient (Wildman–Crippen LogP) is 1.41. The Hall–Kier alpha value is -3.55. The highest BCUT2D eigenvalue weighted by molar-refractivity contribution is 6.39. The number of carbonyl (C=O) groups is 3. The van der Waals surface area contributed by atoms with E-state index in [1.165, 1.54) is 26.4 Å². The molecule has 8 heteroatoms. The van der Waals surface area contributed by atoms with E-state index in [2.05, 4.69) is 16.2 Å². The molecule has 0 unspecified atom stereocenters. The van der Waals surface area contributed by atoms with E-state index in [0.717, 1.165) is 5.56 Å². The summed E-state index contributed by atoms with van der Waals surface area (Å²) in [7, 11) is 2.96. The molecule has 0 spiro atoms. The minimum absolute atomic E-state index is 0.298. The smallest absolute Gasteiger partial charge is 0.328 e. The van der Waals surface area contributed by atoms with Gasteiger partial charge in [0.25, 0.3) is 5.91 Å². The molecular weight excluding hydrogens is 338 g/mol. The first kappa shape index (κ1) is 18.8. The number of hydrogen-bond acceptors (Lipinski definition) is 5. The lowest BCUT2D eigenvalue weighted by Crippen LogP contribution is -2.46. The van der Waals surface area contributed by atoms with Crippen LogP contribution in [0.5, 0.6) is 11.5 Å². The third-order valence-electron chi connectivity index (χ3n) is 3.45. The molecule has 0 aliphatic rings. The van der Waals surface area contributed by atoms with Gasteiger partial charge in [-0.3, -0.25) is 25.2 Å². The first-order valence-electron chi connectivity index (χ1n) is 7.65. The molecular formula is C18H19N3O5. The van der Waals surface area contributed by atoms with E-state index in [9.17, 15) is 14.4 Å². The van der Waals surface area contributed by atoms with Gasteiger partial charge in [-0.05, 0) is 48.9 Å². The predicted molar refractivity (Wildman–Crippen MR) is 95.0 cm³/mol. The molecule has 0 fully saturated rings. The van der Waals surface area contributed by atoms with E-state index >= 15 is 0 Å². The Labute approximate surface area is 150 Å². The molecule has 0 atom stereocenters. The van der Waals surface area contributed by atoms with Crippen LogP contribution in [-0.2, 0) is 9.59 Å². The monoisotopic (exact) mass is 357 g/mol. The maximum Gasteiger partial charge on any atom is 0.328 e. The van der Waals surface area contributed by atoms with Crippen LogP contribution in [0.1, 0.15) is 15.9 Å². The maximum atomic E-state index is 12.0. The number of amides is 3. The first-order chi connectivity index (χ1) is 12.4. The summed E-state index contributed by atoms with van der Waals surface area (Å²) in [6, 6.07) is 11.4. The van der Waals surface area contributed by atoms with Crippen LogP contribution in [0.2, 0.25) is 0 Å². The number of rotatable bonds is 4. The molecule has 2 aromatic carbocycles. The summed E-state index contributed by atoms with van der Waals surface area (Å²) >= 11 is 0. The van der Waals surface area contributed by atoms with E-state index in [1.807, 2.05) is 13.0 Å². The summed E-state index contributed by atoms with van der Waals surface area (Å²) in [6.45, 7) is 1.84. The molecule has 0 aromatic heterocycles. The highest BCUT2D eigenvalue weighted by atomic mass is 16.5. The van der Waals surface area contributed by atoms with Crippen LogP contribution in [0.15, 0.2) is 42.5 Å². The number of nitrogens with one attached hydrogen (secondary N) is 3. The van der Waals surface area contributed by atoms with Crippen LogP contribution in [-0.4, -0.2) is 31.9 Å². The van der Waals surface area contributed by atoms with Crippen molar-refractivity contribution < 1.29 is 23.9 Å². The number of carbonyl (C=O) groups excluding carboxylic acids is 3. The van der Waals surface area contributed by atoms with Crippen LogP contribution in [0.4, 0.5) is 5.69 Å². The van der Waals surface area contributed by atoms with Gasteiger partial charge in [0, 0.05) is 5.56 Å². The van der Waals surface area contributed by atoms with Gasteiger partial charge in [0.05, 0.1) is 19.9 Å². The van der Waals surface area contributed by atoms with Crippen molar-refractivity contribution in [2.45, 2.75) is 6.92 Å². The number of aryl methyl sites for hydroxylation is 1. The van der Waals surface area contributed by atoms with Crippen LogP contribution < -0.4 is 25.6 Å². The SMILES string of the molecule is COc1ccc(C(=O)NNC(=O)C(=O)Nc2cc(C)ccc2OC)cc1. The van der Waals surface area contributed by atoms with Gasteiger partial charge in [-0.1, -0.05) is 6.07 Å². The maximum absolute atomic E-state index is 12.0. The van der Waals surface area contributed by atoms with Crippen molar-refractivity contribution in [1.82, 2.24) is 10.9 Å². The minimum atomic E-state index is -1.02. The number of hydrogen-bond donors (Lipinski definition) is 3. The zero-order valence-electron chi connectivity index (χ0n) is 14.6. The van der Waals surface area contributed by atoms with E-state index < -0.39 is 17.7 Å². The van der Waals surface area contributed by atoms with Gasteiger partial charge >= 0.3 is 11.8 Å². The number of benzene rings is 2. The molecule has 0 aliphatic carbocycles. The Kier molecular flexibility index (Phi) is 6.15. The summed E-state index contributed by atoms with van der Waals surface area (Å²) in [5, 5.41) is 2.44. The van der Waals surface area contributed by atoms with E-state index in [-0.39, 0.29) is 0 Å². The quantitative estimate of drug-likeness (QED) is 0.567. The molecule has 0 aliphatic heterocycles. The average molecular weight is 357 g/mol. The van der Waals surface area contributed by atoms with Gasteiger partial charge in [-0.2, -0.15) is 0 Å². The lowest BCUT2D eigenvalue weighted by Gasteiger charge is -2.11. The molecule has 0 heterocycles. The highest BCUT2D eigenvalue weighted by Gasteiger charge is 2.17. The molecule has 0 bridgehead atoms. The third kappa shape index (κ3) is 4.73. The molecule has 2 rings (SSSR count). The lowest BCUT2D eigenvalue weighted by atomic mass is 10.2. The number of anilines is 1. The van der Waals surface area contributed by atoms with Gasteiger partial charge in [-0.25, -0.2) is 0 Å². The summed E-state index contributed by atoms with van der Waals surface area (Å²) in [4.78, 5) is 35.8. The molecule has 0 saturated carbocycles. The fourth-order valence-electron chi connectivity index (χ4n) is 2.08. The van der Waals surface area contributed by atoms with Gasteiger partial charge in [0.15, 0.2) is 0 Å². The molecule has 2 aromatic rings. The second kappa shape index (κ2) is 8.52. The number of hydrazine groups is 1. The van der Waals surface area contributed by atoms with E-state index in [1.54, 1.807) is 24.3 Å². The Morgan fingerprint density at radius 3 is 2.15 bits per heavy atom. The van der Waals surface area contributed by atoms with E-state index in [0.29, 0.717) is 22.7 Å². The Morgan fingerprint density at radius 1 is 0.846 bits per heavy atom. The van der Waals surface area contributed by atoms with Crippen molar-refractivity contribution >= 4 is 23.4 Å². The van der Waals surface area contributed by atoms with Gasteiger partial charge in [-0.15, -0.1) is 0 Å². The molecule has 3 amide bonds. The van der Waals surface area contributed by atoms with E-state index in [4.69, 9.17) is 9.47 Å². The molecule has 3 N–H and O–H groups in total. The Balaban J connectivity index is 1.93. The second-order valence-corrected chi connectivity index (χ2v) is 5.29. The van der Waals surface area contributed by atoms with Crippen molar-refractivity contribution in [3.8, 4) is 11.5 Å². The van der Waals surface area contributed by atoms with Crippen LogP contribution in [0, 0.1) is 6.92 Å². The fourth-order valence-corrected chi connectivity index (χ4v) is 2.08. The highest BCUT2D eigenvalue weighted by Crippen LogP contribution is 2.24. The van der Waals surface area contributed by atoms with Crippen LogP contribution in [0.25, 0.3) is 0 Å². The molecule has 0 radical (unpaired) electrons. The Morgan fingerprint density at radius 2 is 1.54 bits per heavy atom. The van der Waals surface area contributed by atoms with Crippen LogP contribution in [0.3, 0.4) is 0 Å². The first-order valence-corrected chi connectivity index (χ1v) is 7.65. The van der Waals surface area contributed by atoms with Gasteiger partial charge < -0.3 is 14.8 Å². The standard InChI is InChI=1S/C18H19N3O5/c1-11-4-9-15(26-3)14(10-11)19-17(23)18(24)21-20-16(22)12-5-7-13(25-2)8-6-12/h4-10H,1-3H3,(H,19,23)(H,20,22)(H,21,24). The zero-order valence-corrected chi connectivity index (χ0v) is 14.6. The molecule has 136 valence electrons. The van der Waals surface area contributed by atoms with Crippen molar-refractivity contribution in [1.29, 1.82) is 0 Å². The van der Waals surface area contributed by atoms with Crippen molar-refractivity contribution in [3.05, 3.63) is 53.6 Å². The summed E-state index contributed by atoms with van der Waals surface area (Å²) < 4.78 is 10.1. The van der Waals surface area contributed by atoms with Crippen LogP contribution >= 0.6 is 0 Å².